The van der Waals surface area contributed by atoms with Crippen molar-refractivity contribution in [2.24, 2.45) is 5.73 Å². The van der Waals surface area contributed by atoms with Crippen molar-refractivity contribution in [3.63, 3.8) is 0 Å². The van der Waals surface area contributed by atoms with Crippen LogP contribution < -0.4 is 16.0 Å². The Kier molecular flexibility index (Phi) is 3.54. The second kappa shape index (κ2) is 4.85. The minimum absolute atomic E-state index is 0.0136. The average molecular weight is 261 g/mol. The van der Waals surface area contributed by atoms with Crippen molar-refractivity contribution >= 4 is 11.6 Å². The molecule has 0 radical (unpaired) electrons. The van der Waals surface area contributed by atoms with Gasteiger partial charge in [0.2, 0.25) is 5.91 Å². The molecular weight excluding hydrogens is 238 g/mol. The molecule has 3 N–H and O–H groups in total. The lowest BCUT2D eigenvalue weighted by molar-refractivity contribution is -0.125. The zero-order valence-electron chi connectivity index (χ0n) is 12.2. The summed E-state index contributed by atoms with van der Waals surface area (Å²) in [7, 11) is 0. The molecule has 0 aliphatic carbocycles. The Morgan fingerprint density at radius 2 is 2.11 bits per heavy atom. The van der Waals surface area contributed by atoms with E-state index < -0.39 is 0 Å². The second-order valence-corrected chi connectivity index (χ2v) is 5.97. The first-order chi connectivity index (χ1) is 8.85. The fourth-order valence-electron chi connectivity index (χ4n) is 2.67. The van der Waals surface area contributed by atoms with Crippen LogP contribution >= 0.6 is 0 Å². The Hall–Kier alpha value is -1.55. The molecule has 0 saturated carbocycles. The predicted molar refractivity (Wildman–Crippen MR) is 78.3 cm³/mol. The highest BCUT2D eigenvalue weighted by molar-refractivity contribution is 5.88. The van der Waals surface area contributed by atoms with Gasteiger partial charge in [-0.15, -0.1) is 0 Å². The molecule has 0 spiro atoms. The number of benzene rings is 1. The smallest absolute Gasteiger partial charge is 0.244 e. The SMILES string of the molecule is Cc1cccc(N2CC(C)(C)NC(=O)C2CN)c1C. The summed E-state index contributed by atoms with van der Waals surface area (Å²) in [5.74, 6) is 0.0136. The van der Waals surface area contributed by atoms with Crippen LogP contribution in [-0.2, 0) is 4.79 Å². The first kappa shape index (κ1) is 13.9. The summed E-state index contributed by atoms with van der Waals surface area (Å²) in [5.41, 5.74) is 9.12. The Labute approximate surface area is 115 Å². The van der Waals surface area contributed by atoms with E-state index in [1.54, 1.807) is 0 Å². The molecule has 1 fully saturated rings. The Morgan fingerprint density at radius 1 is 1.42 bits per heavy atom. The summed E-state index contributed by atoms with van der Waals surface area (Å²) >= 11 is 0. The van der Waals surface area contributed by atoms with Crippen molar-refractivity contribution in [1.82, 2.24) is 5.32 Å². The monoisotopic (exact) mass is 261 g/mol. The van der Waals surface area contributed by atoms with E-state index in [1.165, 1.54) is 11.1 Å². The molecule has 1 heterocycles. The quantitative estimate of drug-likeness (QED) is 0.845. The van der Waals surface area contributed by atoms with Gasteiger partial charge in [0.1, 0.15) is 6.04 Å². The van der Waals surface area contributed by atoms with Crippen LogP contribution in [-0.4, -0.2) is 30.6 Å². The van der Waals surface area contributed by atoms with Gasteiger partial charge in [-0.25, -0.2) is 0 Å². The zero-order valence-corrected chi connectivity index (χ0v) is 12.2. The molecule has 19 heavy (non-hydrogen) atoms. The summed E-state index contributed by atoms with van der Waals surface area (Å²) in [5, 5.41) is 3.03. The summed E-state index contributed by atoms with van der Waals surface area (Å²) < 4.78 is 0. The van der Waals surface area contributed by atoms with Gasteiger partial charge in [0.25, 0.3) is 0 Å². The number of carbonyl (C=O) groups is 1. The number of rotatable bonds is 2. The first-order valence-electron chi connectivity index (χ1n) is 6.70. The van der Waals surface area contributed by atoms with Crippen molar-refractivity contribution in [2.45, 2.75) is 39.3 Å². The van der Waals surface area contributed by atoms with E-state index in [0.717, 1.165) is 12.2 Å². The first-order valence-corrected chi connectivity index (χ1v) is 6.70. The number of nitrogens with zero attached hydrogens (tertiary/aromatic N) is 1. The van der Waals surface area contributed by atoms with Crippen LogP contribution in [0.4, 0.5) is 5.69 Å². The van der Waals surface area contributed by atoms with Crippen molar-refractivity contribution in [2.75, 3.05) is 18.0 Å². The van der Waals surface area contributed by atoms with E-state index in [9.17, 15) is 4.79 Å². The van der Waals surface area contributed by atoms with Gasteiger partial charge in [0.15, 0.2) is 0 Å². The highest BCUT2D eigenvalue weighted by Gasteiger charge is 2.38. The van der Waals surface area contributed by atoms with Crippen molar-refractivity contribution < 1.29 is 4.79 Å². The Bertz CT molecular complexity index is 496. The van der Waals surface area contributed by atoms with E-state index in [-0.39, 0.29) is 17.5 Å². The summed E-state index contributed by atoms with van der Waals surface area (Å²) in [6.07, 6.45) is 0. The number of carbonyl (C=O) groups excluding carboxylic acids is 1. The number of piperazine rings is 1. The van der Waals surface area contributed by atoms with Gasteiger partial charge in [-0.05, 0) is 44.9 Å². The molecule has 4 heteroatoms. The summed E-state index contributed by atoms with van der Waals surface area (Å²) in [6, 6.07) is 5.91. The number of hydrogen-bond acceptors (Lipinski definition) is 3. The van der Waals surface area contributed by atoms with E-state index in [1.807, 2.05) is 19.9 Å². The van der Waals surface area contributed by atoms with Gasteiger partial charge in [0.05, 0.1) is 5.54 Å². The third-order valence-electron chi connectivity index (χ3n) is 3.81. The number of hydrogen-bond donors (Lipinski definition) is 2. The number of nitrogens with two attached hydrogens (primary N) is 1. The molecule has 1 aromatic rings. The van der Waals surface area contributed by atoms with E-state index in [2.05, 4.69) is 36.2 Å². The van der Waals surface area contributed by atoms with Gasteiger partial charge in [-0.3, -0.25) is 4.79 Å². The van der Waals surface area contributed by atoms with Gasteiger partial charge in [-0.2, -0.15) is 0 Å². The molecule has 1 saturated heterocycles. The molecule has 1 aromatic carbocycles. The molecule has 1 amide bonds. The lowest BCUT2D eigenvalue weighted by Crippen LogP contribution is -2.66. The van der Waals surface area contributed by atoms with Crippen molar-refractivity contribution in [3.8, 4) is 0 Å². The third kappa shape index (κ3) is 2.59. The fourth-order valence-corrected chi connectivity index (χ4v) is 2.67. The number of nitrogens with one attached hydrogen (secondary N) is 1. The summed E-state index contributed by atoms with van der Waals surface area (Å²) in [4.78, 5) is 14.3. The van der Waals surface area contributed by atoms with E-state index in [0.29, 0.717) is 6.54 Å². The highest BCUT2D eigenvalue weighted by Crippen LogP contribution is 2.28. The van der Waals surface area contributed by atoms with Crippen LogP contribution in [0.3, 0.4) is 0 Å². The molecule has 1 unspecified atom stereocenters. The van der Waals surface area contributed by atoms with Crippen LogP contribution in [0.2, 0.25) is 0 Å². The lowest BCUT2D eigenvalue weighted by atomic mass is 9.95. The molecule has 4 nitrogen and oxygen atoms in total. The van der Waals surface area contributed by atoms with Crippen LogP contribution in [0, 0.1) is 13.8 Å². The van der Waals surface area contributed by atoms with Gasteiger partial charge < -0.3 is 16.0 Å². The Balaban J connectivity index is 2.44. The van der Waals surface area contributed by atoms with Crippen LogP contribution in [0.5, 0.6) is 0 Å². The molecule has 104 valence electrons. The van der Waals surface area contributed by atoms with E-state index >= 15 is 0 Å². The van der Waals surface area contributed by atoms with Gasteiger partial charge >= 0.3 is 0 Å². The van der Waals surface area contributed by atoms with Gasteiger partial charge in [-0.1, -0.05) is 12.1 Å². The maximum atomic E-state index is 12.2. The van der Waals surface area contributed by atoms with Crippen molar-refractivity contribution in [1.29, 1.82) is 0 Å². The highest BCUT2D eigenvalue weighted by atomic mass is 16.2. The van der Waals surface area contributed by atoms with Crippen LogP contribution in [0.25, 0.3) is 0 Å². The molecule has 1 atom stereocenters. The minimum Gasteiger partial charge on any atom is -0.356 e. The summed E-state index contributed by atoms with van der Waals surface area (Å²) in [6.45, 7) is 9.36. The van der Waals surface area contributed by atoms with Gasteiger partial charge in [0, 0.05) is 18.8 Å². The second-order valence-electron chi connectivity index (χ2n) is 5.97. The molecule has 0 aromatic heterocycles. The molecule has 0 bridgehead atoms. The normalized spacial score (nSPS) is 22.3. The number of aryl methyl sites for hydroxylation is 1. The Morgan fingerprint density at radius 3 is 2.74 bits per heavy atom. The third-order valence-corrected chi connectivity index (χ3v) is 3.81. The van der Waals surface area contributed by atoms with Crippen LogP contribution in [0.1, 0.15) is 25.0 Å². The molecule has 2 rings (SSSR count). The zero-order chi connectivity index (χ0) is 14.2. The standard InChI is InChI=1S/C15H23N3O/c1-10-6-5-7-12(11(10)2)18-9-15(3,4)17-14(19)13(18)8-16/h5-7,13H,8-9,16H2,1-4H3,(H,17,19). The number of amides is 1. The molecule has 1 aliphatic rings. The van der Waals surface area contributed by atoms with Crippen LogP contribution in [0.15, 0.2) is 18.2 Å². The molecular formula is C15H23N3O. The lowest BCUT2D eigenvalue weighted by Gasteiger charge is -2.45. The van der Waals surface area contributed by atoms with E-state index in [4.69, 9.17) is 5.73 Å². The average Bonchev–Trinajstić information content (AvgIpc) is 2.30. The predicted octanol–water partition coefficient (Wildman–Crippen LogP) is 1.35. The maximum Gasteiger partial charge on any atom is 0.244 e. The minimum atomic E-state index is -0.284. The number of anilines is 1. The fraction of sp³-hybridized carbons (Fsp3) is 0.533. The maximum absolute atomic E-state index is 12.2. The largest absolute Gasteiger partial charge is 0.356 e. The topological polar surface area (TPSA) is 58.4 Å². The van der Waals surface area contributed by atoms with Crippen molar-refractivity contribution in [3.05, 3.63) is 29.3 Å². The molecule has 1 aliphatic heterocycles.